The van der Waals surface area contributed by atoms with Crippen molar-refractivity contribution in [1.29, 1.82) is 0 Å². The van der Waals surface area contributed by atoms with E-state index in [-0.39, 0.29) is 16.9 Å². The molecule has 0 radical (unpaired) electrons. The molecular weight excluding hydrogens is 492 g/mol. The number of carbonyl (C=O) groups is 3. The van der Waals surface area contributed by atoms with Gasteiger partial charge in [0.25, 0.3) is 11.8 Å². The number of carbonyl (C=O) groups excluding carboxylic acids is 3. The van der Waals surface area contributed by atoms with Gasteiger partial charge < -0.3 is 10.6 Å². The van der Waals surface area contributed by atoms with E-state index in [9.17, 15) is 14.4 Å². The highest BCUT2D eigenvalue weighted by Gasteiger charge is 2.17. The van der Waals surface area contributed by atoms with Gasteiger partial charge in [0.05, 0.1) is 0 Å². The molecule has 3 aromatic rings. The smallest absolute Gasteiger partial charge is 0.272 e. The van der Waals surface area contributed by atoms with Gasteiger partial charge in [0.15, 0.2) is 5.78 Å². The lowest BCUT2D eigenvalue weighted by atomic mass is 9.87. The van der Waals surface area contributed by atoms with Crippen molar-refractivity contribution in [1.82, 2.24) is 5.32 Å². The average Bonchev–Trinajstić information content (AvgIpc) is 2.79. The Morgan fingerprint density at radius 1 is 0.853 bits per heavy atom. The van der Waals surface area contributed by atoms with E-state index in [0.29, 0.717) is 16.8 Å². The molecule has 2 amide bonds. The van der Waals surface area contributed by atoms with Crippen molar-refractivity contribution in [2.24, 2.45) is 0 Å². The summed E-state index contributed by atoms with van der Waals surface area (Å²) in [5, 5.41) is 5.51. The van der Waals surface area contributed by atoms with Crippen LogP contribution in [0.2, 0.25) is 0 Å². The second-order valence-corrected chi connectivity index (χ2v) is 9.90. The average molecular weight is 519 g/mol. The number of hydrogen-bond acceptors (Lipinski definition) is 3. The van der Waals surface area contributed by atoms with E-state index < -0.39 is 11.8 Å². The molecule has 0 saturated heterocycles. The van der Waals surface area contributed by atoms with Gasteiger partial charge in [0, 0.05) is 21.3 Å². The van der Waals surface area contributed by atoms with Gasteiger partial charge >= 0.3 is 0 Å². The Morgan fingerprint density at radius 3 is 2.09 bits per heavy atom. The summed E-state index contributed by atoms with van der Waals surface area (Å²) in [5.74, 6) is -0.992. The summed E-state index contributed by atoms with van der Waals surface area (Å²) in [6, 6.07) is 21.4. The molecule has 0 spiro atoms. The van der Waals surface area contributed by atoms with Crippen LogP contribution < -0.4 is 10.6 Å². The van der Waals surface area contributed by atoms with Crippen LogP contribution in [0.15, 0.2) is 83.0 Å². The van der Waals surface area contributed by atoms with E-state index in [0.717, 1.165) is 15.6 Å². The molecule has 0 fully saturated rings. The third kappa shape index (κ3) is 6.75. The van der Waals surface area contributed by atoms with Gasteiger partial charge in [-0.3, -0.25) is 14.4 Å². The van der Waals surface area contributed by atoms with E-state index in [2.05, 4.69) is 47.3 Å². The monoisotopic (exact) mass is 518 g/mol. The van der Waals surface area contributed by atoms with Crippen LogP contribution in [0.3, 0.4) is 0 Å². The molecule has 0 unspecified atom stereocenters. The fourth-order valence-electron chi connectivity index (χ4n) is 3.21. The molecule has 5 nitrogen and oxygen atoms in total. The third-order valence-corrected chi connectivity index (χ3v) is 5.74. The Balaban J connectivity index is 1.88. The normalized spacial score (nSPS) is 11.6. The zero-order chi connectivity index (χ0) is 24.9. The lowest BCUT2D eigenvalue weighted by Gasteiger charge is -2.19. The van der Waals surface area contributed by atoms with Gasteiger partial charge in [-0.05, 0) is 65.9 Å². The molecule has 3 rings (SSSR count). The van der Waals surface area contributed by atoms with Crippen molar-refractivity contribution in [3.63, 3.8) is 0 Å². The Bertz CT molecular complexity index is 1240. The van der Waals surface area contributed by atoms with E-state index >= 15 is 0 Å². The fraction of sp³-hybridized carbons (Fsp3) is 0.179. The molecule has 0 aromatic heterocycles. The topological polar surface area (TPSA) is 75.3 Å². The van der Waals surface area contributed by atoms with Gasteiger partial charge in [-0.15, -0.1) is 0 Å². The number of nitrogens with one attached hydrogen (secondary N) is 2. The van der Waals surface area contributed by atoms with Crippen molar-refractivity contribution >= 4 is 45.3 Å². The van der Waals surface area contributed by atoms with E-state index in [1.165, 1.54) is 6.92 Å². The van der Waals surface area contributed by atoms with E-state index in [1.807, 2.05) is 36.4 Å². The molecule has 0 bridgehead atoms. The van der Waals surface area contributed by atoms with Gasteiger partial charge in [-0.2, -0.15) is 0 Å². The highest BCUT2D eigenvalue weighted by atomic mass is 79.9. The fourth-order valence-corrected chi connectivity index (χ4v) is 3.48. The first-order chi connectivity index (χ1) is 16.0. The first-order valence-corrected chi connectivity index (χ1v) is 11.6. The summed E-state index contributed by atoms with van der Waals surface area (Å²) in [5.41, 5.74) is 3.30. The van der Waals surface area contributed by atoms with Gasteiger partial charge in [-0.25, -0.2) is 0 Å². The van der Waals surface area contributed by atoms with Crippen LogP contribution >= 0.6 is 15.9 Å². The summed E-state index contributed by atoms with van der Waals surface area (Å²) in [4.78, 5) is 37.8. The minimum atomic E-state index is -0.497. The van der Waals surface area contributed by atoms with Crippen LogP contribution in [0.4, 0.5) is 5.69 Å². The first-order valence-electron chi connectivity index (χ1n) is 10.8. The molecule has 2 N–H and O–H groups in total. The molecule has 0 atom stereocenters. The Hall–Kier alpha value is -3.51. The number of ketones is 1. The molecule has 0 saturated carbocycles. The number of hydrogen-bond donors (Lipinski definition) is 2. The zero-order valence-corrected chi connectivity index (χ0v) is 21.2. The van der Waals surface area contributed by atoms with Crippen molar-refractivity contribution in [3.05, 3.63) is 105 Å². The van der Waals surface area contributed by atoms with Crippen LogP contribution in [0.1, 0.15) is 59.5 Å². The number of halogens is 1. The summed E-state index contributed by atoms with van der Waals surface area (Å²) >= 11 is 3.40. The maximum atomic E-state index is 13.1. The summed E-state index contributed by atoms with van der Waals surface area (Å²) in [7, 11) is 0. The largest absolute Gasteiger partial charge is 0.321 e. The summed E-state index contributed by atoms with van der Waals surface area (Å²) in [6.07, 6.45) is 1.61. The molecule has 0 aliphatic rings. The maximum Gasteiger partial charge on any atom is 0.272 e. The highest BCUT2D eigenvalue weighted by Crippen LogP contribution is 2.22. The van der Waals surface area contributed by atoms with Crippen LogP contribution in [0.25, 0.3) is 6.08 Å². The number of benzene rings is 3. The molecule has 3 aromatic carbocycles. The van der Waals surface area contributed by atoms with Crippen LogP contribution in [0.5, 0.6) is 0 Å². The minimum Gasteiger partial charge on any atom is -0.321 e. The number of Topliss-reactive ketones (excluding diaryl/α,β-unsaturated/α-hetero) is 1. The van der Waals surface area contributed by atoms with Gasteiger partial charge in [-0.1, -0.05) is 73.1 Å². The predicted octanol–water partition coefficient (Wildman–Crippen LogP) is 6.36. The van der Waals surface area contributed by atoms with E-state index in [1.54, 1.807) is 42.5 Å². The molecule has 174 valence electrons. The van der Waals surface area contributed by atoms with E-state index in [4.69, 9.17) is 0 Å². The Kier molecular flexibility index (Phi) is 7.84. The highest BCUT2D eigenvalue weighted by molar-refractivity contribution is 9.10. The number of anilines is 1. The molecule has 0 aliphatic carbocycles. The Labute approximate surface area is 208 Å². The number of amides is 2. The molecule has 0 aliphatic heterocycles. The lowest BCUT2D eigenvalue weighted by molar-refractivity contribution is -0.113. The zero-order valence-electron chi connectivity index (χ0n) is 19.6. The first kappa shape index (κ1) is 25.1. The lowest BCUT2D eigenvalue weighted by Crippen LogP contribution is -2.30. The quantitative estimate of drug-likeness (QED) is 0.294. The molecule has 0 heterocycles. The second kappa shape index (κ2) is 10.6. The summed E-state index contributed by atoms with van der Waals surface area (Å²) < 4.78 is 0.902. The van der Waals surface area contributed by atoms with Gasteiger partial charge in [0.2, 0.25) is 0 Å². The Morgan fingerprint density at radius 2 is 1.50 bits per heavy atom. The molecular formula is C28H27BrN2O3. The minimum absolute atomic E-state index is 0.0318. The second-order valence-electron chi connectivity index (χ2n) is 8.98. The van der Waals surface area contributed by atoms with Crippen molar-refractivity contribution in [3.8, 4) is 0 Å². The SMILES string of the molecule is CC(=O)c1cccc(NC(=O)/C(=C\c2ccc(Br)cc2)NC(=O)c2ccc(C(C)(C)C)cc2)c1. The standard InChI is InChI=1S/C28H27BrN2O3/c1-18(32)21-6-5-7-24(17-21)30-27(34)25(16-19-8-14-23(29)15-9-19)31-26(33)20-10-12-22(13-11-20)28(2,3)4/h5-17H,1-4H3,(H,30,34)(H,31,33)/b25-16+. The third-order valence-electron chi connectivity index (χ3n) is 5.21. The van der Waals surface area contributed by atoms with Crippen LogP contribution in [0, 0.1) is 0 Å². The van der Waals surface area contributed by atoms with Crippen molar-refractivity contribution in [2.45, 2.75) is 33.1 Å². The van der Waals surface area contributed by atoms with Crippen molar-refractivity contribution < 1.29 is 14.4 Å². The predicted molar refractivity (Wildman–Crippen MR) is 140 cm³/mol. The molecule has 6 heteroatoms. The summed E-state index contributed by atoms with van der Waals surface area (Å²) in [6.45, 7) is 7.77. The molecule has 34 heavy (non-hydrogen) atoms. The van der Waals surface area contributed by atoms with Crippen molar-refractivity contribution in [2.75, 3.05) is 5.32 Å². The van der Waals surface area contributed by atoms with Crippen LogP contribution in [-0.4, -0.2) is 17.6 Å². The maximum absolute atomic E-state index is 13.1. The van der Waals surface area contributed by atoms with Crippen LogP contribution in [-0.2, 0) is 10.2 Å². The number of rotatable bonds is 6. The van der Waals surface area contributed by atoms with Gasteiger partial charge in [0.1, 0.15) is 5.70 Å².